The second-order valence-corrected chi connectivity index (χ2v) is 2.79. The molecular formula is C7H13BO2. The lowest BCUT2D eigenvalue weighted by atomic mass is 10.0. The van der Waals surface area contributed by atoms with E-state index in [0.29, 0.717) is 0 Å². The van der Waals surface area contributed by atoms with Gasteiger partial charge in [-0.25, -0.2) is 0 Å². The van der Waals surface area contributed by atoms with E-state index in [1.54, 1.807) is 0 Å². The monoisotopic (exact) mass is 140 g/mol. The van der Waals surface area contributed by atoms with E-state index < -0.39 is 0 Å². The minimum Gasteiger partial charge on any atom is -0.460 e. The molecule has 2 radical (unpaired) electrons. The molecule has 0 heterocycles. The number of rotatable bonds is 3. The van der Waals surface area contributed by atoms with Crippen molar-refractivity contribution >= 4 is 13.8 Å². The van der Waals surface area contributed by atoms with Gasteiger partial charge < -0.3 is 4.74 Å². The molecule has 0 atom stereocenters. The average Bonchev–Trinajstić information content (AvgIpc) is 1.87. The van der Waals surface area contributed by atoms with Crippen LogP contribution in [0.3, 0.4) is 0 Å². The summed E-state index contributed by atoms with van der Waals surface area (Å²) in [5.41, 5.74) is -0.365. The third kappa shape index (κ3) is 3.54. The van der Waals surface area contributed by atoms with Gasteiger partial charge >= 0.3 is 0 Å². The number of carbonyl (C=O) groups excluding carboxylic acids is 1. The molecule has 0 aliphatic rings. The second kappa shape index (κ2) is 3.64. The molecule has 0 bridgehead atoms. The van der Waals surface area contributed by atoms with Crippen LogP contribution in [-0.4, -0.2) is 19.4 Å². The van der Waals surface area contributed by atoms with Crippen LogP contribution in [0.25, 0.3) is 0 Å². The van der Waals surface area contributed by atoms with Crippen LogP contribution in [0.15, 0.2) is 0 Å². The molecule has 10 heavy (non-hydrogen) atoms. The summed E-state index contributed by atoms with van der Waals surface area (Å²) in [6.07, 6.45) is 0.766. The number of ether oxygens (including phenoxy) is 1. The summed E-state index contributed by atoms with van der Waals surface area (Å²) in [5.74, 6) is -0.341. The molecule has 0 rings (SSSR count). The number of hydrogen-bond donors (Lipinski definition) is 0. The molecule has 0 amide bonds. The maximum atomic E-state index is 10.6. The lowest BCUT2D eigenvalue weighted by Crippen LogP contribution is -2.26. The molecule has 0 unspecified atom stereocenters. The van der Waals surface area contributed by atoms with Gasteiger partial charge in [0, 0.05) is 6.32 Å². The van der Waals surface area contributed by atoms with Crippen molar-refractivity contribution in [3.8, 4) is 0 Å². The highest BCUT2D eigenvalue weighted by molar-refractivity contribution is 6.18. The molecule has 0 N–H and O–H groups in total. The van der Waals surface area contributed by atoms with Crippen LogP contribution >= 0.6 is 0 Å². The van der Waals surface area contributed by atoms with Crippen molar-refractivity contribution in [1.82, 2.24) is 0 Å². The van der Waals surface area contributed by atoms with Crippen molar-refractivity contribution in [3.05, 3.63) is 0 Å². The topological polar surface area (TPSA) is 26.3 Å². The van der Waals surface area contributed by atoms with Crippen LogP contribution in [0, 0.1) is 0 Å². The van der Waals surface area contributed by atoms with E-state index in [2.05, 4.69) is 0 Å². The van der Waals surface area contributed by atoms with Crippen molar-refractivity contribution in [2.45, 2.75) is 39.1 Å². The molecule has 3 heteroatoms. The van der Waals surface area contributed by atoms with Crippen LogP contribution in [0.4, 0.5) is 0 Å². The standard InChI is InChI=1S/C7H13BO2/c1-4-7(2,3)10-6(9)5-8/h4-5H2,1-3H3. The molecular weight excluding hydrogens is 127 g/mol. The number of carbonyl (C=O) groups is 1. The van der Waals surface area contributed by atoms with Gasteiger partial charge in [0.15, 0.2) is 0 Å². The SMILES string of the molecule is [B]CC(=O)OC(C)(C)CC. The summed E-state index contributed by atoms with van der Waals surface area (Å²) < 4.78 is 4.97. The molecule has 0 aromatic rings. The Morgan fingerprint density at radius 1 is 1.60 bits per heavy atom. The fourth-order valence-electron chi connectivity index (χ4n) is 0.422. The van der Waals surface area contributed by atoms with Gasteiger partial charge in [0.05, 0.1) is 7.85 Å². The summed E-state index contributed by atoms with van der Waals surface area (Å²) in [4.78, 5) is 10.6. The smallest absolute Gasteiger partial charge is 0.297 e. The summed E-state index contributed by atoms with van der Waals surface area (Å²) in [6, 6.07) is 0. The lowest BCUT2D eigenvalue weighted by Gasteiger charge is -2.22. The third-order valence-corrected chi connectivity index (χ3v) is 1.41. The minimum absolute atomic E-state index is 0.0383. The predicted molar refractivity (Wildman–Crippen MR) is 41.0 cm³/mol. The fraction of sp³-hybridized carbons (Fsp3) is 0.857. The zero-order chi connectivity index (χ0) is 8.20. The van der Waals surface area contributed by atoms with Crippen molar-refractivity contribution in [3.63, 3.8) is 0 Å². The first-order chi connectivity index (χ1) is 4.52. The van der Waals surface area contributed by atoms with Gasteiger partial charge in [0.25, 0.3) is 5.97 Å². The van der Waals surface area contributed by atoms with Gasteiger partial charge in [-0.1, -0.05) is 6.92 Å². The minimum atomic E-state index is -0.365. The molecule has 0 saturated heterocycles. The molecule has 0 spiro atoms. The quantitative estimate of drug-likeness (QED) is 0.436. The number of esters is 1. The van der Waals surface area contributed by atoms with Crippen LogP contribution in [0.2, 0.25) is 6.32 Å². The Hall–Kier alpha value is -0.465. The van der Waals surface area contributed by atoms with E-state index in [1.165, 1.54) is 0 Å². The van der Waals surface area contributed by atoms with Crippen LogP contribution in [0.1, 0.15) is 27.2 Å². The van der Waals surface area contributed by atoms with Gasteiger partial charge in [-0.2, -0.15) is 0 Å². The highest BCUT2D eigenvalue weighted by Crippen LogP contribution is 2.13. The van der Waals surface area contributed by atoms with E-state index >= 15 is 0 Å². The maximum Gasteiger partial charge on any atom is 0.297 e. The number of hydrogen-bond acceptors (Lipinski definition) is 2. The van der Waals surface area contributed by atoms with E-state index in [9.17, 15) is 4.79 Å². The first kappa shape index (κ1) is 9.53. The van der Waals surface area contributed by atoms with E-state index in [-0.39, 0.29) is 17.9 Å². The van der Waals surface area contributed by atoms with Crippen LogP contribution < -0.4 is 0 Å². The van der Waals surface area contributed by atoms with Gasteiger partial charge in [-0.05, 0) is 20.3 Å². The highest BCUT2D eigenvalue weighted by Gasteiger charge is 2.18. The van der Waals surface area contributed by atoms with Crippen LogP contribution in [0.5, 0.6) is 0 Å². The Balaban J connectivity index is 3.76. The average molecular weight is 140 g/mol. The lowest BCUT2D eigenvalue weighted by molar-refractivity contribution is -0.153. The Morgan fingerprint density at radius 2 is 2.10 bits per heavy atom. The Morgan fingerprint density at radius 3 is 2.40 bits per heavy atom. The molecule has 0 aliphatic carbocycles. The third-order valence-electron chi connectivity index (χ3n) is 1.41. The zero-order valence-corrected chi connectivity index (χ0v) is 6.81. The molecule has 0 aromatic carbocycles. The predicted octanol–water partition coefficient (Wildman–Crippen LogP) is 1.30. The van der Waals surface area contributed by atoms with Crippen molar-refractivity contribution < 1.29 is 9.53 Å². The normalized spacial score (nSPS) is 11.1. The Labute approximate surface area is 63.4 Å². The Kier molecular flexibility index (Phi) is 3.47. The van der Waals surface area contributed by atoms with Gasteiger partial charge in [0.1, 0.15) is 5.60 Å². The maximum absolute atomic E-state index is 10.6. The van der Waals surface area contributed by atoms with Gasteiger partial charge in [-0.15, -0.1) is 0 Å². The van der Waals surface area contributed by atoms with Gasteiger partial charge in [-0.3, -0.25) is 4.79 Å². The molecule has 2 nitrogen and oxygen atoms in total. The van der Waals surface area contributed by atoms with Crippen molar-refractivity contribution in [1.29, 1.82) is 0 Å². The molecule has 0 saturated carbocycles. The fourth-order valence-corrected chi connectivity index (χ4v) is 0.422. The van der Waals surface area contributed by atoms with Crippen molar-refractivity contribution in [2.75, 3.05) is 0 Å². The molecule has 0 aliphatic heterocycles. The van der Waals surface area contributed by atoms with Crippen molar-refractivity contribution in [2.24, 2.45) is 0 Å². The zero-order valence-electron chi connectivity index (χ0n) is 6.81. The van der Waals surface area contributed by atoms with E-state index in [0.717, 1.165) is 6.42 Å². The summed E-state index contributed by atoms with van der Waals surface area (Å²) in [7, 11) is 5.06. The second-order valence-electron chi connectivity index (χ2n) is 2.79. The highest BCUT2D eigenvalue weighted by atomic mass is 16.6. The summed E-state index contributed by atoms with van der Waals surface area (Å²) >= 11 is 0. The Bertz CT molecular complexity index is 121. The van der Waals surface area contributed by atoms with E-state index in [4.69, 9.17) is 12.6 Å². The van der Waals surface area contributed by atoms with Crippen LogP contribution in [-0.2, 0) is 9.53 Å². The van der Waals surface area contributed by atoms with E-state index in [1.807, 2.05) is 20.8 Å². The first-order valence-corrected chi connectivity index (χ1v) is 3.43. The summed E-state index contributed by atoms with van der Waals surface area (Å²) in [5, 5.41) is 0. The molecule has 0 aromatic heterocycles. The largest absolute Gasteiger partial charge is 0.460 e. The molecule has 56 valence electrons. The first-order valence-electron chi connectivity index (χ1n) is 3.43. The molecule has 0 fully saturated rings. The summed E-state index contributed by atoms with van der Waals surface area (Å²) in [6.45, 7) is 5.69. The van der Waals surface area contributed by atoms with Gasteiger partial charge in [0.2, 0.25) is 0 Å².